The van der Waals surface area contributed by atoms with Gasteiger partial charge in [0.2, 0.25) is 15.9 Å². The molecule has 1 saturated carbocycles. The molecule has 29 heavy (non-hydrogen) atoms. The molecule has 154 valence electrons. The van der Waals surface area contributed by atoms with Crippen LogP contribution in [0.5, 0.6) is 0 Å². The maximum atomic E-state index is 12.6. The molecule has 0 spiro atoms. The minimum absolute atomic E-state index is 0.0274. The summed E-state index contributed by atoms with van der Waals surface area (Å²) in [4.78, 5) is 24.6. The van der Waals surface area contributed by atoms with E-state index >= 15 is 0 Å². The number of amides is 2. The van der Waals surface area contributed by atoms with Crippen LogP contribution in [0.25, 0.3) is 0 Å². The molecule has 2 aromatic carbocycles. The molecule has 0 aliphatic heterocycles. The Labute approximate surface area is 171 Å². The standard InChI is InChI=1S/C21H25N3O4S/c1-13-9-17(11-19(14(13)2)29(27,28)22-3)20(25)23-12-15-5-4-6-18(10-15)24-21(26)16-7-8-16/h4-6,9-11,16,22H,7-8,12H2,1-3H3,(H,23,25)(H,24,26). The van der Waals surface area contributed by atoms with E-state index in [9.17, 15) is 18.0 Å². The zero-order chi connectivity index (χ0) is 21.2. The van der Waals surface area contributed by atoms with E-state index in [1.807, 2.05) is 24.3 Å². The molecule has 0 heterocycles. The van der Waals surface area contributed by atoms with Crippen LogP contribution in [0, 0.1) is 19.8 Å². The fraction of sp³-hybridized carbons (Fsp3) is 0.333. The van der Waals surface area contributed by atoms with Crippen LogP contribution in [-0.4, -0.2) is 27.3 Å². The van der Waals surface area contributed by atoms with Gasteiger partial charge in [0.15, 0.2) is 0 Å². The third kappa shape index (κ3) is 5.02. The number of rotatable bonds is 7. The normalized spacial score (nSPS) is 13.8. The van der Waals surface area contributed by atoms with Crippen LogP contribution >= 0.6 is 0 Å². The third-order valence-corrected chi connectivity index (χ3v) is 6.58. The second-order valence-corrected chi connectivity index (χ2v) is 9.13. The Morgan fingerprint density at radius 3 is 2.48 bits per heavy atom. The second kappa shape index (κ2) is 8.34. The molecule has 2 aromatic rings. The summed E-state index contributed by atoms with van der Waals surface area (Å²) in [6.45, 7) is 3.74. The van der Waals surface area contributed by atoms with Gasteiger partial charge in [0.25, 0.3) is 5.91 Å². The Balaban J connectivity index is 1.72. The van der Waals surface area contributed by atoms with Gasteiger partial charge >= 0.3 is 0 Å². The predicted molar refractivity (Wildman–Crippen MR) is 111 cm³/mol. The molecule has 0 radical (unpaired) electrons. The molecule has 7 nitrogen and oxygen atoms in total. The van der Waals surface area contributed by atoms with E-state index in [-0.39, 0.29) is 34.7 Å². The highest BCUT2D eigenvalue weighted by molar-refractivity contribution is 7.89. The first kappa shape index (κ1) is 21.0. The SMILES string of the molecule is CNS(=O)(=O)c1cc(C(=O)NCc2cccc(NC(=O)C3CC3)c2)cc(C)c1C. The molecule has 1 aliphatic carbocycles. The molecule has 2 amide bonds. The fourth-order valence-electron chi connectivity index (χ4n) is 2.98. The minimum atomic E-state index is -3.66. The number of anilines is 1. The van der Waals surface area contributed by atoms with Crippen molar-refractivity contribution >= 4 is 27.5 Å². The topological polar surface area (TPSA) is 104 Å². The summed E-state index contributed by atoms with van der Waals surface area (Å²) < 4.78 is 26.7. The highest BCUT2D eigenvalue weighted by atomic mass is 32.2. The number of hydrogen-bond donors (Lipinski definition) is 3. The van der Waals surface area contributed by atoms with E-state index in [1.54, 1.807) is 19.9 Å². The summed E-state index contributed by atoms with van der Waals surface area (Å²) in [5.41, 5.74) is 3.13. The second-order valence-electron chi connectivity index (χ2n) is 7.27. The lowest BCUT2D eigenvalue weighted by molar-refractivity contribution is -0.117. The van der Waals surface area contributed by atoms with Crippen molar-refractivity contribution in [2.24, 2.45) is 5.92 Å². The molecule has 0 unspecified atom stereocenters. The van der Waals surface area contributed by atoms with Crippen LogP contribution < -0.4 is 15.4 Å². The molecule has 1 fully saturated rings. The third-order valence-electron chi connectivity index (χ3n) is 5.04. The average Bonchev–Trinajstić information content (AvgIpc) is 3.53. The number of nitrogens with one attached hydrogen (secondary N) is 3. The number of benzene rings is 2. The molecule has 0 atom stereocenters. The quantitative estimate of drug-likeness (QED) is 0.646. The van der Waals surface area contributed by atoms with E-state index in [0.29, 0.717) is 11.3 Å². The predicted octanol–water partition coefficient (Wildman–Crippen LogP) is 2.49. The smallest absolute Gasteiger partial charge is 0.251 e. The van der Waals surface area contributed by atoms with Crippen molar-refractivity contribution < 1.29 is 18.0 Å². The van der Waals surface area contributed by atoms with Crippen molar-refractivity contribution in [3.63, 3.8) is 0 Å². The lowest BCUT2D eigenvalue weighted by atomic mass is 10.1. The summed E-state index contributed by atoms with van der Waals surface area (Å²) in [7, 11) is -2.32. The molecule has 8 heteroatoms. The molecule has 0 saturated heterocycles. The average molecular weight is 416 g/mol. The van der Waals surface area contributed by atoms with Gasteiger partial charge in [-0.05, 0) is 74.7 Å². The van der Waals surface area contributed by atoms with Crippen LogP contribution in [0.1, 0.15) is 39.9 Å². The molecule has 1 aliphatic rings. The van der Waals surface area contributed by atoms with Crippen molar-refractivity contribution in [2.45, 2.75) is 38.1 Å². The lowest BCUT2D eigenvalue weighted by Crippen LogP contribution is -2.25. The molecule has 0 bridgehead atoms. The Morgan fingerprint density at radius 2 is 1.83 bits per heavy atom. The van der Waals surface area contributed by atoms with E-state index in [2.05, 4.69) is 15.4 Å². The highest BCUT2D eigenvalue weighted by Crippen LogP contribution is 2.30. The Hall–Kier alpha value is -2.71. The van der Waals surface area contributed by atoms with Gasteiger partial charge in [-0.25, -0.2) is 13.1 Å². The summed E-state index contributed by atoms with van der Waals surface area (Å²) >= 11 is 0. The number of carbonyl (C=O) groups excluding carboxylic acids is 2. The van der Waals surface area contributed by atoms with Gasteiger partial charge in [-0.2, -0.15) is 0 Å². The van der Waals surface area contributed by atoms with Gasteiger partial charge in [-0.15, -0.1) is 0 Å². The van der Waals surface area contributed by atoms with Gasteiger partial charge in [0, 0.05) is 23.7 Å². The summed E-state index contributed by atoms with van der Waals surface area (Å²) in [6, 6.07) is 10.4. The van der Waals surface area contributed by atoms with Gasteiger partial charge in [0.1, 0.15) is 0 Å². The zero-order valence-corrected chi connectivity index (χ0v) is 17.5. The van der Waals surface area contributed by atoms with Gasteiger partial charge in [0.05, 0.1) is 4.90 Å². The summed E-state index contributed by atoms with van der Waals surface area (Å²) in [6.07, 6.45) is 1.87. The summed E-state index contributed by atoms with van der Waals surface area (Å²) in [5, 5.41) is 5.69. The van der Waals surface area contributed by atoms with Crippen molar-refractivity contribution in [1.82, 2.24) is 10.0 Å². The Kier molecular flexibility index (Phi) is 6.04. The molecular weight excluding hydrogens is 390 g/mol. The Bertz CT molecular complexity index is 1060. The Morgan fingerprint density at radius 1 is 1.10 bits per heavy atom. The molecule has 0 aromatic heterocycles. The van der Waals surface area contributed by atoms with Crippen LogP contribution in [0.2, 0.25) is 0 Å². The van der Waals surface area contributed by atoms with Crippen LogP contribution in [0.3, 0.4) is 0 Å². The molecular formula is C21H25N3O4S. The number of hydrogen-bond acceptors (Lipinski definition) is 4. The van der Waals surface area contributed by atoms with Crippen molar-refractivity contribution in [3.8, 4) is 0 Å². The van der Waals surface area contributed by atoms with E-state index < -0.39 is 10.0 Å². The van der Waals surface area contributed by atoms with E-state index in [4.69, 9.17) is 0 Å². The van der Waals surface area contributed by atoms with Gasteiger partial charge < -0.3 is 10.6 Å². The monoisotopic (exact) mass is 415 g/mol. The number of carbonyl (C=O) groups is 2. The van der Waals surface area contributed by atoms with Crippen molar-refractivity contribution in [3.05, 3.63) is 58.7 Å². The summed E-state index contributed by atoms with van der Waals surface area (Å²) in [5.74, 6) is -0.223. The van der Waals surface area contributed by atoms with E-state index in [1.165, 1.54) is 13.1 Å². The maximum absolute atomic E-state index is 12.6. The molecule has 3 N–H and O–H groups in total. The highest BCUT2D eigenvalue weighted by Gasteiger charge is 2.29. The number of sulfonamides is 1. The van der Waals surface area contributed by atoms with Gasteiger partial charge in [-0.1, -0.05) is 12.1 Å². The van der Waals surface area contributed by atoms with E-state index in [0.717, 1.165) is 24.0 Å². The molecule has 3 rings (SSSR count). The minimum Gasteiger partial charge on any atom is -0.348 e. The lowest BCUT2D eigenvalue weighted by Gasteiger charge is -2.13. The first-order valence-corrected chi connectivity index (χ1v) is 10.9. The fourth-order valence-corrected chi connectivity index (χ4v) is 4.05. The van der Waals surface area contributed by atoms with Gasteiger partial charge in [-0.3, -0.25) is 9.59 Å². The van der Waals surface area contributed by atoms with Crippen molar-refractivity contribution in [1.29, 1.82) is 0 Å². The largest absolute Gasteiger partial charge is 0.348 e. The van der Waals surface area contributed by atoms with Crippen LogP contribution in [0.15, 0.2) is 41.3 Å². The first-order chi connectivity index (χ1) is 13.7. The van der Waals surface area contributed by atoms with Crippen molar-refractivity contribution in [2.75, 3.05) is 12.4 Å². The first-order valence-electron chi connectivity index (χ1n) is 9.44. The zero-order valence-electron chi connectivity index (χ0n) is 16.7. The maximum Gasteiger partial charge on any atom is 0.251 e. The van der Waals surface area contributed by atoms with Crippen LogP contribution in [-0.2, 0) is 21.4 Å². The van der Waals surface area contributed by atoms with Crippen LogP contribution in [0.4, 0.5) is 5.69 Å². The number of aryl methyl sites for hydroxylation is 1.